The third-order valence-electron chi connectivity index (χ3n) is 1.39. The molecule has 0 fully saturated rings. The Kier molecular flexibility index (Phi) is 4.10. The number of nitrogens with one attached hydrogen (secondary N) is 1. The van der Waals surface area contributed by atoms with Gasteiger partial charge in [0.05, 0.1) is 7.11 Å². The molecule has 0 amide bonds. The summed E-state index contributed by atoms with van der Waals surface area (Å²) in [5.41, 5.74) is 0. The van der Waals surface area contributed by atoms with Gasteiger partial charge in [-0.3, -0.25) is 5.41 Å². The van der Waals surface area contributed by atoms with Gasteiger partial charge >= 0.3 is 0 Å². The molecule has 0 aliphatic rings. The van der Waals surface area contributed by atoms with E-state index in [-0.39, 0.29) is 0 Å². The zero-order valence-corrected chi connectivity index (χ0v) is 6.40. The Labute approximate surface area is 56.7 Å². The van der Waals surface area contributed by atoms with Crippen LogP contribution >= 0.6 is 0 Å². The molecular formula is C7H15NO. The molecule has 0 heterocycles. The smallest absolute Gasteiger partial charge is 0.182 e. The monoisotopic (exact) mass is 129 g/mol. The second-order valence-corrected chi connectivity index (χ2v) is 2.26. The van der Waals surface area contributed by atoms with E-state index in [2.05, 4.69) is 6.92 Å². The summed E-state index contributed by atoms with van der Waals surface area (Å²) in [4.78, 5) is 0. The molecule has 0 saturated heterocycles. The van der Waals surface area contributed by atoms with Gasteiger partial charge in [0.25, 0.3) is 0 Å². The quantitative estimate of drug-likeness (QED) is 0.459. The van der Waals surface area contributed by atoms with Crippen molar-refractivity contribution >= 4 is 5.90 Å². The van der Waals surface area contributed by atoms with Crippen molar-refractivity contribution in [2.45, 2.75) is 26.7 Å². The first-order valence-electron chi connectivity index (χ1n) is 3.34. The van der Waals surface area contributed by atoms with Crippen molar-refractivity contribution in [3.63, 3.8) is 0 Å². The van der Waals surface area contributed by atoms with Gasteiger partial charge in [0, 0.05) is 5.92 Å². The fraction of sp³-hybridized carbons (Fsp3) is 0.857. The van der Waals surface area contributed by atoms with Crippen LogP contribution in [0.15, 0.2) is 0 Å². The lowest BCUT2D eigenvalue weighted by Gasteiger charge is -2.08. The molecule has 0 bridgehead atoms. The predicted octanol–water partition coefficient (Wildman–Crippen LogP) is 2.05. The Morgan fingerprint density at radius 1 is 1.67 bits per heavy atom. The summed E-state index contributed by atoms with van der Waals surface area (Å²) in [6.45, 7) is 4.12. The molecule has 1 atom stereocenters. The average molecular weight is 129 g/mol. The van der Waals surface area contributed by atoms with E-state index in [1.807, 2.05) is 6.92 Å². The molecule has 0 aromatic rings. The SMILES string of the molecule is CCC[C@@H](C)C(=N)OC. The molecule has 0 unspecified atom stereocenters. The Morgan fingerprint density at radius 2 is 2.22 bits per heavy atom. The molecular weight excluding hydrogens is 114 g/mol. The van der Waals surface area contributed by atoms with Gasteiger partial charge in [-0.25, -0.2) is 0 Å². The maximum absolute atomic E-state index is 7.22. The van der Waals surface area contributed by atoms with Crippen LogP contribution in [0.4, 0.5) is 0 Å². The molecule has 2 nitrogen and oxygen atoms in total. The molecule has 0 aromatic carbocycles. The van der Waals surface area contributed by atoms with Gasteiger partial charge in [0.15, 0.2) is 5.90 Å². The largest absolute Gasteiger partial charge is 0.484 e. The summed E-state index contributed by atoms with van der Waals surface area (Å²) >= 11 is 0. The molecule has 0 spiro atoms. The van der Waals surface area contributed by atoms with Crippen LogP contribution in [0.2, 0.25) is 0 Å². The summed E-state index contributed by atoms with van der Waals surface area (Å²) in [5.74, 6) is 0.692. The fourth-order valence-corrected chi connectivity index (χ4v) is 0.765. The highest BCUT2D eigenvalue weighted by Gasteiger charge is 2.05. The minimum Gasteiger partial charge on any atom is -0.484 e. The molecule has 0 radical (unpaired) electrons. The van der Waals surface area contributed by atoms with E-state index in [1.165, 1.54) is 0 Å². The van der Waals surface area contributed by atoms with Crippen molar-refractivity contribution in [1.29, 1.82) is 5.41 Å². The highest BCUT2D eigenvalue weighted by atomic mass is 16.5. The standard InChI is InChI=1S/C7H15NO/c1-4-5-6(2)7(8)9-3/h6,8H,4-5H2,1-3H3/t6-/m1/s1. The number of rotatable bonds is 3. The molecule has 0 saturated carbocycles. The van der Waals surface area contributed by atoms with Gasteiger partial charge in [-0.1, -0.05) is 20.3 Å². The number of hydrogen-bond donors (Lipinski definition) is 1. The first kappa shape index (κ1) is 8.47. The van der Waals surface area contributed by atoms with E-state index >= 15 is 0 Å². The van der Waals surface area contributed by atoms with Gasteiger partial charge in [-0.15, -0.1) is 0 Å². The van der Waals surface area contributed by atoms with Gasteiger partial charge in [0.2, 0.25) is 0 Å². The Morgan fingerprint density at radius 3 is 2.56 bits per heavy atom. The van der Waals surface area contributed by atoms with Crippen LogP contribution in [0.3, 0.4) is 0 Å². The van der Waals surface area contributed by atoms with E-state index in [0.717, 1.165) is 12.8 Å². The van der Waals surface area contributed by atoms with Crippen LogP contribution in [-0.4, -0.2) is 13.0 Å². The van der Waals surface area contributed by atoms with Crippen molar-refractivity contribution in [2.75, 3.05) is 7.11 Å². The Hall–Kier alpha value is -0.530. The van der Waals surface area contributed by atoms with Crippen molar-refractivity contribution in [3.8, 4) is 0 Å². The van der Waals surface area contributed by atoms with Crippen molar-refractivity contribution in [2.24, 2.45) is 5.92 Å². The highest BCUT2D eigenvalue weighted by Crippen LogP contribution is 2.05. The Bertz CT molecular complexity index is 90.9. The maximum atomic E-state index is 7.22. The van der Waals surface area contributed by atoms with Crippen LogP contribution in [-0.2, 0) is 4.74 Å². The van der Waals surface area contributed by atoms with Gasteiger partial charge in [-0.05, 0) is 6.42 Å². The van der Waals surface area contributed by atoms with Crippen LogP contribution in [0.5, 0.6) is 0 Å². The zero-order chi connectivity index (χ0) is 7.28. The van der Waals surface area contributed by atoms with Crippen LogP contribution in [0.1, 0.15) is 26.7 Å². The molecule has 0 rings (SSSR count). The molecule has 0 aliphatic heterocycles. The van der Waals surface area contributed by atoms with Gasteiger partial charge in [0.1, 0.15) is 0 Å². The zero-order valence-electron chi connectivity index (χ0n) is 6.40. The van der Waals surface area contributed by atoms with Crippen LogP contribution < -0.4 is 0 Å². The molecule has 9 heavy (non-hydrogen) atoms. The van der Waals surface area contributed by atoms with Gasteiger partial charge < -0.3 is 4.74 Å². The van der Waals surface area contributed by atoms with E-state index in [9.17, 15) is 0 Å². The third kappa shape index (κ3) is 3.12. The predicted molar refractivity (Wildman–Crippen MR) is 38.8 cm³/mol. The van der Waals surface area contributed by atoms with Crippen molar-refractivity contribution < 1.29 is 4.74 Å². The van der Waals surface area contributed by atoms with Crippen LogP contribution in [0, 0.1) is 11.3 Å². The second-order valence-electron chi connectivity index (χ2n) is 2.26. The van der Waals surface area contributed by atoms with Gasteiger partial charge in [-0.2, -0.15) is 0 Å². The topological polar surface area (TPSA) is 33.1 Å². The van der Waals surface area contributed by atoms with E-state index < -0.39 is 0 Å². The second kappa shape index (κ2) is 4.36. The lowest BCUT2D eigenvalue weighted by Crippen LogP contribution is -2.10. The van der Waals surface area contributed by atoms with Crippen LogP contribution in [0.25, 0.3) is 0 Å². The highest BCUT2D eigenvalue weighted by molar-refractivity contribution is 5.74. The Balaban J connectivity index is 3.45. The van der Waals surface area contributed by atoms with Crippen molar-refractivity contribution in [3.05, 3.63) is 0 Å². The van der Waals surface area contributed by atoms with E-state index in [4.69, 9.17) is 10.1 Å². The molecule has 0 aliphatic carbocycles. The van der Waals surface area contributed by atoms with E-state index in [1.54, 1.807) is 7.11 Å². The molecule has 0 aromatic heterocycles. The summed E-state index contributed by atoms with van der Waals surface area (Å²) in [5, 5.41) is 7.22. The fourth-order valence-electron chi connectivity index (χ4n) is 0.765. The average Bonchev–Trinajstić information content (AvgIpc) is 1.87. The summed E-state index contributed by atoms with van der Waals surface area (Å²) in [6.07, 6.45) is 2.17. The van der Waals surface area contributed by atoms with E-state index in [0.29, 0.717) is 11.8 Å². The minimum absolute atomic E-state index is 0.292. The first-order chi connectivity index (χ1) is 4.22. The maximum Gasteiger partial charge on any atom is 0.182 e. The molecule has 2 heteroatoms. The molecule has 54 valence electrons. The third-order valence-corrected chi connectivity index (χ3v) is 1.39. The van der Waals surface area contributed by atoms with Crippen molar-refractivity contribution in [1.82, 2.24) is 0 Å². The number of hydrogen-bond acceptors (Lipinski definition) is 2. The summed E-state index contributed by atoms with van der Waals surface area (Å²) in [7, 11) is 1.55. The first-order valence-corrected chi connectivity index (χ1v) is 3.34. The lowest BCUT2D eigenvalue weighted by atomic mass is 10.1. The summed E-state index contributed by atoms with van der Waals surface area (Å²) in [6, 6.07) is 0. The summed E-state index contributed by atoms with van der Waals surface area (Å²) < 4.78 is 4.75. The minimum atomic E-state index is 0.292. The number of ether oxygens (including phenoxy) is 1. The lowest BCUT2D eigenvalue weighted by molar-refractivity contribution is 0.360. The number of methoxy groups -OCH3 is 1. The molecule has 1 N–H and O–H groups in total. The normalized spacial score (nSPS) is 12.8.